The van der Waals surface area contributed by atoms with Gasteiger partial charge in [-0.1, -0.05) is 225 Å². The van der Waals surface area contributed by atoms with E-state index in [1.54, 1.807) is 0 Å². The van der Waals surface area contributed by atoms with Crippen LogP contribution < -0.4 is 0 Å². The summed E-state index contributed by atoms with van der Waals surface area (Å²) in [5.41, 5.74) is 0. The second-order valence-electron chi connectivity index (χ2n) is 17.1. The first kappa shape index (κ1) is 55.9. The third kappa shape index (κ3) is 45.0. The van der Waals surface area contributed by atoms with E-state index in [0.717, 1.165) is 70.6 Å². The van der Waals surface area contributed by atoms with E-state index < -0.39 is 6.10 Å². The average molecular weight is 817 g/mol. The Balaban J connectivity index is 4.30. The van der Waals surface area contributed by atoms with Gasteiger partial charge in [0, 0.05) is 19.3 Å². The van der Waals surface area contributed by atoms with Gasteiger partial charge in [0.1, 0.15) is 13.2 Å². The molecule has 6 nitrogen and oxygen atoms in total. The van der Waals surface area contributed by atoms with Crippen molar-refractivity contribution in [2.24, 2.45) is 0 Å². The fourth-order valence-electron chi connectivity index (χ4n) is 7.36. The third-order valence-electron chi connectivity index (χ3n) is 11.2. The van der Waals surface area contributed by atoms with Crippen molar-refractivity contribution in [2.75, 3.05) is 13.2 Å². The Labute approximate surface area is 360 Å². The summed E-state index contributed by atoms with van der Waals surface area (Å²) in [5.74, 6) is -0.868. The summed E-state index contributed by atoms with van der Waals surface area (Å²) < 4.78 is 16.8. The van der Waals surface area contributed by atoms with E-state index >= 15 is 0 Å². The van der Waals surface area contributed by atoms with Gasteiger partial charge in [-0.15, -0.1) is 0 Å². The molecule has 0 rings (SSSR count). The molecule has 0 saturated heterocycles. The van der Waals surface area contributed by atoms with Crippen LogP contribution in [0.25, 0.3) is 0 Å². The fourth-order valence-corrected chi connectivity index (χ4v) is 7.36. The van der Waals surface area contributed by atoms with E-state index in [-0.39, 0.29) is 31.1 Å². The van der Waals surface area contributed by atoms with Gasteiger partial charge < -0.3 is 14.2 Å². The lowest BCUT2D eigenvalue weighted by Gasteiger charge is -2.18. The monoisotopic (exact) mass is 817 g/mol. The van der Waals surface area contributed by atoms with Crippen LogP contribution in [0.2, 0.25) is 0 Å². The molecule has 0 saturated carbocycles. The molecule has 6 heteroatoms. The molecule has 0 aromatic carbocycles. The average Bonchev–Trinajstić information content (AvgIpc) is 3.22. The molecule has 0 aliphatic heterocycles. The lowest BCUT2D eigenvalue weighted by Crippen LogP contribution is -2.30. The Bertz CT molecular complexity index is 942. The quantitative estimate of drug-likeness (QED) is 0.0263. The molecule has 58 heavy (non-hydrogen) atoms. The molecule has 0 aromatic heterocycles. The van der Waals surface area contributed by atoms with Crippen molar-refractivity contribution in [3.8, 4) is 0 Å². The normalized spacial score (nSPS) is 12.1. The molecule has 0 amide bonds. The van der Waals surface area contributed by atoms with E-state index in [1.165, 1.54) is 161 Å². The van der Waals surface area contributed by atoms with Crippen molar-refractivity contribution >= 4 is 17.9 Å². The zero-order valence-electron chi connectivity index (χ0n) is 38.8. The number of rotatable bonds is 46. The van der Waals surface area contributed by atoms with Gasteiger partial charge in [-0.3, -0.25) is 14.4 Å². The van der Waals surface area contributed by atoms with Crippen LogP contribution in [0.5, 0.6) is 0 Å². The molecule has 1 atom stereocenters. The summed E-state index contributed by atoms with van der Waals surface area (Å²) in [6.07, 6.45) is 53.0. The highest BCUT2D eigenvalue weighted by Gasteiger charge is 2.19. The molecule has 0 aliphatic rings. The van der Waals surface area contributed by atoms with E-state index in [0.29, 0.717) is 19.3 Å². The SMILES string of the molecule is CCCCC/C=C\C/C=C\CCCCCCCCCC(=O)OC[C@@H](COC(=O)CCCCCCCCCCC)OC(=O)CCCCCCCCCCCCCCCC. The topological polar surface area (TPSA) is 78.9 Å². The van der Waals surface area contributed by atoms with Crippen LogP contribution in [-0.4, -0.2) is 37.2 Å². The van der Waals surface area contributed by atoms with Crippen LogP contribution in [0.15, 0.2) is 24.3 Å². The van der Waals surface area contributed by atoms with Crippen LogP contribution in [0.1, 0.15) is 271 Å². The molecule has 0 aliphatic carbocycles. The first-order valence-corrected chi connectivity index (χ1v) is 25.3. The highest BCUT2D eigenvalue weighted by molar-refractivity contribution is 5.71. The van der Waals surface area contributed by atoms with Crippen LogP contribution in [0.4, 0.5) is 0 Å². The maximum atomic E-state index is 12.8. The van der Waals surface area contributed by atoms with Crippen molar-refractivity contribution in [3.63, 3.8) is 0 Å². The number of hydrogen-bond donors (Lipinski definition) is 0. The third-order valence-corrected chi connectivity index (χ3v) is 11.2. The van der Waals surface area contributed by atoms with Gasteiger partial charge in [0.25, 0.3) is 0 Å². The number of carbonyl (C=O) groups excluding carboxylic acids is 3. The molecule has 0 fully saturated rings. The molecule has 0 radical (unpaired) electrons. The largest absolute Gasteiger partial charge is 0.462 e. The van der Waals surface area contributed by atoms with Gasteiger partial charge in [-0.25, -0.2) is 0 Å². The molecule has 0 unspecified atom stereocenters. The lowest BCUT2D eigenvalue weighted by atomic mass is 10.0. The zero-order chi connectivity index (χ0) is 42.3. The van der Waals surface area contributed by atoms with Crippen LogP contribution >= 0.6 is 0 Å². The maximum Gasteiger partial charge on any atom is 0.306 e. The van der Waals surface area contributed by atoms with Gasteiger partial charge in [0.15, 0.2) is 6.10 Å². The Morgan fingerprint density at radius 1 is 0.345 bits per heavy atom. The van der Waals surface area contributed by atoms with Gasteiger partial charge in [-0.2, -0.15) is 0 Å². The molecule has 340 valence electrons. The lowest BCUT2D eigenvalue weighted by molar-refractivity contribution is -0.167. The van der Waals surface area contributed by atoms with Crippen molar-refractivity contribution in [3.05, 3.63) is 24.3 Å². The van der Waals surface area contributed by atoms with Crippen molar-refractivity contribution < 1.29 is 28.6 Å². The van der Waals surface area contributed by atoms with Crippen LogP contribution in [0, 0.1) is 0 Å². The smallest absolute Gasteiger partial charge is 0.306 e. The van der Waals surface area contributed by atoms with Crippen LogP contribution in [-0.2, 0) is 28.6 Å². The number of ether oxygens (including phenoxy) is 3. The summed E-state index contributed by atoms with van der Waals surface area (Å²) in [7, 11) is 0. The van der Waals surface area contributed by atoms with Crippen molar-refractivity contribution in [1.82, 2.24) is 0 Å². The number of unbranched alkanes of at least 4 members (excludes halogenated alkanes) is 31. The summed E-state index contributed by atoms with van der Waals surface area (Å²) in [5, 5.41) is 0. The first-order chi connectivity index (χ1) is 28.5. The Morgan fingerprint density at radius 2 is 0.621 bits per heavy atom. The fraction of sp³-hybridized carbons (Fsp3) is 0.865. The minimum Gasteiger partial charge on any atom is -0.462 e. The molecule has 0 bridgehead atoms. The minimum atomic E-state index is -0.767. The minimum absolute atomic E-state index is 0.0695. The molecule has 0 aromatic rings. The van der Waals surface area contributed by atoms with Crippen molar-refractivity contribution in [1.29, 1.82) is 0 Å². The Morgan fingerprint density at radius 3 is 0.983 bits per heavy atom. The summed E-state index contributed by atoms with van der Waals surface area (Å²) >= 11 is 0. The van der Waals surface area contributed by atoms with Gasteiger partial charge in [-0.05, 0) is 51.4 Å². The number of esters is 3. The van der Waals surface area contributed by atoms with Gasteiger partial charge in [0.05, 0.1) is 0 Å². The highest BCUT2D eigenvalue weighted by Crippen LogP contribution is 2.16. The molecule has 0 spiro atoms. The number of allylic oxidation sites excluding steroid dienone is 4. The van der Waals surface area contributed by atoms with E-state index in [9.17, 15) is 14.4 Å². The van der Waals surface area contributed by atoms with Crippen LogP contribution in [0.3, 0.4) is 0 Å². The van der Waals surface area contributed by atoms with E-state index in [4.69, 9.17) is 14.2 Å². The predicted octanol–water partition coefficient (Wildman–Crippen LogP) is 16.4. The summed E-state index contributed by atoms with van der Waals surface area (Å²) in [6.45, 7) is 6.61. The van der Waals surface area contributed by atoms with E-state index in [2.05, 4.69) is 45.1 Å². The van der Waals surface area contributed by atoms with E-state index in [1.807, 2.05) is 0 Å². The second-order valence-corrected chi connectivity index (χ2v) is 17.1. The first-order valence-electron chi connectivity index (χ1n) is 25.3. The second kappa shape index (κ2) is 47.6. The Hall–Kier alpha value is -2.11. The summed E-state index contributed by atoms with van der Waals surface area (Å²) in [4.78, 5) is 37.8. The number of hydrogen-bond acceptors (Lipinski definition) is 6. The van der Waals surface area contributed by atoms with Gasteiger partial charge >= 0.3 is 17.9 Å². The van der Waals surface area contributed by atoms with Crippen molar-refractivity contribution in [2.45, 2.75) is 277 Å². The maximum absolute atomic E-state index is 12.8. The highest BCUT2D eigenvalue weighted by atomic mass is 16.6. The van der Waals surface area contributed by atoms with Gasteiger partial charge in [0.2, 0.25) is 0 Å². The standard InChI is InChI=1S/C52H96O6/c1-4-7-10-13-16-19-21-23-25-26-27-29-30-33-36-39-42-45-51(54)57-48-49(47-56-50(53)44-41-38-35-32-18-15-12-9-6-3)58-52(55)46-43-40-37-34-31-28-24-22-20-17-14-11-8-5-2/h16,19,23,25,49H,4-15,17-18,20-22,24,26-48H2,1-3H3/b19-16-,25-23-/t49-/m1/s1. The molecular weight excluding hydrogens is 721 g/mol. The molecular formula is C52H96O6. The Kier molecular flexibility index (Phi) is 45.8. The zero-order valence-corrected chi connectivity index (χ0v) is 38.8. The molecule has 0 N–H and O–H groups in total. The summed E-state index contributed by atoms with van der Waals surface area (Å²) in [6, 6.07) is 0. The number of carbonyl (C=O) groups is 3. The predicted molar refractivity (Wildman–Crippen MR) is 247 cm³/mol. The molecule has 0 heterocycles.